The fourth-order valence-corrected chi connectivity index (χ4v) is 4.74. The number of aliphatic hydroxyl groups excluding tert-OH is 1. The summed E-state index contributed by atoms with van der Waals surface area (Å²) in [4.78, 5) is 13.6. The summed E-state index contributed by atoms with van der Waals surface area (Å²) in [6.45, 7) is 2.06. The molecule has 7 heteroatoms. The summed E-state index contributed by atoms with van der Waals surface area (Å²) < 4.78 is 3.15. The molecule has 2 aromatic carbocycles. The summed E-state index contributed by atoms with van der Waals surface area (Å²) in [5, 5.41) is 12.0. The first kappa shape index (κ1) is 19.1. The minimum absolute atomic E-state index is 0.180. The van der Waals surface area contributed by atoms with Gasteiger partial charge in [0.05, 0.1) is 18.3 Å². The van der Waals surface area contributed by atoms with E-state index in [0.717, 1.165) is 10.5 Å². The van der Waals surface area contributed by atoms with Crippen molar-refractivity contribution in [3.05, 3.63) is 80.3 Å². The molecule has 3 rings (SSSR count). The maximum Gasteiger partial charge on any atom is 0.329 e. The Labute approximate surface area is 166 Å². The van der Waals surface area contributed by atoms with Crippen molar-refractivity contribution in [2.45, 2.75) is 29.5 Å². The van der Waals surface area contributed by atoms with Gasteiger partial charge >= 0.3 is 5.69 Å². The fraction of sp³-hybridized carbons (Fsp3) is 0.211. The van der Waals surface area contributed by atoms with Crippen LogP contribution in [0.25, 0.3) is 0 Å². The number of aliphatic hydroxyl groups is 1. The number of aromatic nitrogens is 2. The number of hydrogen-bond acceptors (Lipinski definition) is 3. The van der Waals surface area contributed by atoms with Gasteiger partial charge in [0.2, 0.25) is 0 Å². The van der Waals surface area contributed by atoms with Gasteiger partial charge in [0.1, 0.15) is 5.03 Å². The molecule has 0 aliphatic rings. The van der Waals surface area contributed by atoms with Gasteiger partial charge in [0.15, 0.2) is 0 Å². The third-order valence-electron chi connectivity index (χ3n) is 3.97. The van der Waals surface area contributed by atoms with Crippen molar-refractivity contribution < 1.29 is 5.11 Å². The van der Waals surface area contributed by atoms with Crippen molar-refractivity contribution in [2.24, 2.45) is 7.05 Å². The molecule has 1 unspecified atom stereocenters. The summed E-state index contributed by atoms with van der Waals surface area (Å²) in [6.07, 6.45) is -0.790. The molecule has 0 bridgehead atoms. The van der Waals surface area contributed by atoms with Gasteiger partial charge in [-0.25, -0.2) is 4.79 Å². The van der Waals surface area contributed by atoms with Crippen LogP contribution < -0.4 is 5.69 Å². The Balaban J connectivity index is 2.11. The zero-order valence-electron chi connectivity index (χ0n) is 14.3. The maximum absolute atomic E-state index is 12.8. The lowest BCUT2D eigenvalue weighted by molar-refractivity contribution is 0.186. The minimum Gasteiger partial charge on any atom is -0.387 e. The van der Waals surface area contributed by atoms with Crippen LogP contribution in [0.4, 0.5) is 0 Å². The summed E-state index contributed by atoms with van der Waals surface area (Å²) >= 11 is 13.6. The number of rotatable bonds is 5. The molecule has 0 fully saturated rings. The lowest BCUT2D eigenvalue weighted by Crippen LogP contribution is -2.23. The molecule has 136 valence electrons. The average molecular weight is 409 g/mol. The quantitative estimate of drug-likeness (QED) is 0.662. The van der Waals surface area contributed by atoms with Crippen molar-refractivity contribution >= 4 is 35.0 Å². The van der Waals surface area contributed by atoms with Crippen molar-refractivity contribution in [2.75, 3.05) is 0 Å². The first-order chi connectivity index (χ1) is 12.4. The Morgan fingerprint density at radius 1 is 1.12 bits per heavy atom. The topological polar surface area (TPSA) is 47.2 Å². The van der Waals surface area contributed by atoms with Gasteiger partial charge in [-0.2, -0.15) is 0 Å². The van der Waals surface area contributed by atoms with E-state index >= 15 is 0 Å². The van der Waals surface area contributed by atoms with Crippen LogP contribution in [0, 0.1) is 0 Å². The summed E-state index contributed by atoms with van der Waals surface area (Å²) in [5.74, 6) is 0. The minimum atomic E-state index is -0.790. The first-order valence-corrected chi connectivity index (χ1v) is 9.59. The molecule has 1 aromatic heterocycles. The van der Waals surface area contributed by atoms with Crippen LogP contribution in [0.5, 0.6) is 0 Å². The molecule has 1 heterocycles. The Bertz CT molecular complexity index is 961. The van der Waals surface area contributed by atoms with Crippen LogP contribution >= 0.6 is 35.0 Å². The van der Waals surface area contributed by atoms with Gasteiger partial charge in [-0.15, -0.1) is 0 Å². The molecule has 1 atom stereocenters. The predicted octanol–water partition coefficient (Wildman–Crippen LogP) is 4.75. The van der Waals surface area contributed by atoms with Crippen molar-refractivity contribution in [1.29, 1.82) is 0 Å². The van der Waals surface area contributed by atoms with E-state index < -0.39 is 6.10 Å². The molecule has 0 aliphatic carbocycles. The van der Waals surface area contributed by atoms with Crippen molar-refractivity contribution in [3.8, 4) is 0 Å². The lowest BCUT2D eigenvalue weighted by Gasteiger charge is -2.12. The summed E-state index contributed by atoms with van der Waals surface area (Å²) in [6, 6.07) is 15.0. The third kappa shape index (κ3) is 4.01. The third-order valence-corrected chi connectivity index (χ3v) is 5.50. The number of hydrogen-bond donors (Lipinski definition) is 1. The standard InChI is InChI=1S/C19H18Cl2N2O2S/c1-12(24)17-18(26-16-9-14(20)8-15(21)10-16)23(19(25)22(17)2)11-13-6-4-3-5-7-13/h3-10,12,24H,11H2,1-2H3. The summed E-state index contributed by atoms with van der Waals surface area (Å²) in [7, 11) is 1.67. The normalized spacial score (nSPS) is 12.3. The van der Waals surface area contributed by atoms with E-state index in [1.54, 1.807) is 36.7 Å². The summed E-state index contributed by atoms with van der Waals surface area (Å²) in [5.41, 5.74) is 1.38. The van der Waals surface area contributed by atoms with Crippen LogP contribution in [0.1, 0.15) is 24.3 Å². The highest BCUT2D eigenvalue weighted by Gasteiger charge is 2.22. The Hall–Kier alpha value is -1.66. The molecule has 1 N–H and O–H groups in total. The van der Waals surface area contributed by atoms with E-state index in [2.05, 4.69) is 0 Å². The largest absolute Gasteiger partial charge is 0.387 e. The SMILES string of the molecule is CC(O)c1c(Sc2cc(Cl)cc(Cl)c2)n(Cc2ccccc2)c(=O)n1C. The van der Waals surface area contributed by atoms with Crippen LogP contribution in [0.2, 0.25) is 10.0 Å². The van der Waals surface area contributed by atoms with E-state index in [-0.39, 0.29) is 5.69 Å². The monoisotopic (exact) mass is 408 g/mol. The van der Waals surface area contributed by atoms with E-state index in [9.17, 15) is 9.90 Å². The van der Waals surface area contributed by atoms with Gasteiger partial charge in [0.25, 0.3) is 0 Å². The second kappa shape index (κ2) is 7.92. The Morgan fingerprint density at radius 3 is 2.31 bits per heavy atom. The molecule has 0 spiro atoms. The number of nitrogens with zero attached hydrogens (tertiary/aromatic N) is 2. The Kier molecular flexibility index (Phi) is 5.82. The molecule has 0 saturated carbocycles. The van der Waals surface area contributed by atoms with Crippen LogP contribution in [-0.2, 0) is 13.6 Å². The Morgan fingerprint density at radius 2 is 1.73 bits per heavy atom. The van der Waals surface area contributed by atoms with Crippen LogP contribution in [0.15, 0.2) is 63.2 Å². The van der Waals surface area contributed by atoms with Gasteiger partial charge in [-0.05, 0) is 30.7 Å². The highest BCUT2D eigenvalue weighted by Crippen LogP contribution is 2.35. The van der Waals surface area contributed by atoms with E-state index in [4.69, 9.17) is 23.2 Å². The smallest absolute Gasteiger partial charge is 0.329 e. The first-order valence-electron chi connectivity index (χ1n) is 8.02. The van der Waals surface area contributed by atoms with Gasteiger partial charge in [-0.1, -0.05) is 65.3 Å². The number of imidazole rings is 1. The molecular weight excluding hydrogens is 391 g/mol. The van der Waals surface area contributed by atoms with E-state index in [1.807, 2.05) is 30.3 Å². The van der Waals surface area contributed by atoms with Gasteiger partial charge in [0, 0.05) is 22.0 Å². The highest BCUT2D eigenvalue weighted by atomic mass is 35.5. The van der Waals surface area contributed by atoms with Gasteiger partial charge in [-0.3, -0.25) is 9.13 Å². The van der Waals surface area contributed by atoms with Crippen molar-refractivity contribution in [1.82, 2.24) is 9.13 Å². The molecular formula is C19H18Cl2N2O2S. The molecule has 0 aliphatic heterocycles. The maximum atomic E-state index is 12.8. The zero-order valence-corrected chi connectivity index (χ0v) is 16.6. The second-order valence-corrected chi connectivity index (χ2v) is 7.92. The number of benzene rings is 2. The van der Waals surface area contributed by atoms with Crippen LogP contribution in [0.3, 0.4) is 0 Å². The van der Waals surface area contributed by atoms with E-state index in [0.29, 0.717) is 27.3 Å². The average Bonchev–Trinajstić information content (AvgIpc) is 2.79. The van der Waals surface area contributed by atoms with Gasteiger partial charge < -0.3 is 5.11 Å². The zero-order chi connectivity index (χ0) is 18.8. The predicted molar refractivity (Wildman–Crippen MR) is 106 cm³/mol. The van der Waals surface area contributed by atoms with E-state index in [1.165, 1.54) is 16.3 Å². The molecule has 0 radical (unpaired) electrons. The molecule has 4 nitrogen and oxygen atoms in total. The lowest BCUT2D eigenvalue weighted by atomic mass is 10.2. The number of halogens is 2. The molecule has 3 aromatic rings. The highest BCUT2D eigenvalue weighted by molar-refractivity contribution is 7.99. The van der Waals surface area contributed by atoms with Crippen molar-refractivity contribution in [3.63, 3.8) is 0 Å². The molecule has 0 saturated heterocycles. The molecule has 0 amide bonds. The fourth-order valence-electron chi connectivity index (χ4n) is 2.82. The van der Waals surface area contributed by atoms with Crippen LogP contribution in [-0.4, -0.2) is 14.2 Å². The second-order valence-electron chi connectivity index (χ2n) is 5.99. The molecule has 26 heavy (non-hydrogen) atoms.